The van der Waals surface area contributed by atoms with Crippen LogP contribution in [0.3, 0.4) is 0 Å². The predicted molar refractivity (Wildman–Crippen MR) is 85.8 cm³/mol. The minimum atomic E-state index is -0.254. The average molecular weight is 312 g/mol. The number of likely N-dealkylation sites (N-methyl/N-ethyl adjacent to an activating group) is 1. The van der Waals surface area contributed by atoms with Crippen molar-refractivity contribution in [2.45, 2.75) is 20.3 Å². The van der Waals surface area contributed by atoms with Gasteiger partial charge in [0.05, 0.1) is 10.6 Å². The molecule has 1 aromatic carbocycles. The van der Waals surface area contributed by atoms with Crippen LogP contribution in [0.25, 0.3) is 0 Å². The van der Waals surface area contributed by atoms with E-state index >= 15 is 0 Å². The summed E-state index contributed by atoms with van der Waals surface area (Å²) in [5.74, 6) is -0.0503. The second-order valence-electron chi connectivity index (χ2n) is 5.20. The van der Waals surface area contributed by atoms with E-state index in [2.05, 4.69) is 16.0 Å². The fourth-order valence-electron chi connectivity index (χ4n) is 1.76. The van der Waals surface area contributed by atoms with E-state index in [1.807, 2.05) is 20.9 Å². The first-order valence-corrected chi connectivity index (χ1v) is 7.34. The topological polar surface area (TPSA) is 70.2 Å². The zero-order valence-corrected chi connectivity index (χ0v) is 13.4. The van der Waals surface area contributed by atoms with Gasteiger partial charge in [0.2, 0.25) is 5.91 Å². The Bertz CT molecular complexity index is 504. The van der Waals surface area contributed by atoms with E-state index in [-0.39, 0.29) is 17.7 Å². The van der Waals surface area contributed by atoms with Crippen LogP contribution in [0.15, 0.2) is 18.2 Å². The number of nitrogens with one attached hydrogen (secondary N) is 3. The number of amides is 2. The van der Waals surface area contributed by atoms with Crippen molar-refractivity contribution in [1.29, 1.82) is 0 Å². The van der Waals surface area contributed by atoms with Crippen molar-refractivity contribution in [3.63, 3.8) is 0 Å². The lowest BCUT2D eigenvalue weighted by Gasteiger charge is -2.10. The molecule has 0 aliphatic rings. The van der Waals surface area contributed by atoms with Gasteiger partial charge in [0, 0.05) is 25.2 Å². The van der Waals surface area contributed by atoms with E-state index in [9.17, 15) is 9.59 Å². The number of benzene rings is 1. The number of anilines is 1. The van der Waals surface area contributed by atoms with Gasteiger partial charge < -0.3 is 16.0 Å². The summed E-state index contributed by atoms with van der Waals surface area (Å²) in [4.78, 5) is 23.8. The molecule has 0 fully saturated rings. The van der Waals surface area contributed by atoms with Gasteiger partial charge in [0.15, 0.2) is 0 Å². The highest BCUT2D eigenvalue weighted by Crippen LogP contribution is 2.21. The summed E-state index contributed by atoms with van der Waals surface area (Å²) in [6.45, 7) is 5.13. The molecular weight excluding hydrogens is 290 g/mol. The molecule has 2 amide bonds. The molecular formula is C15H22ClN3O2. The maximum absolute atomic E-state index is 12.0. The summed E-state index contributed by atoms with van der Waals surface area (Å²) < 4.78 is 0. The standard InChI is InChI=1S/C15H22ClN3O2/c1-10(2)8-14(20)19-11-4-5-13(16)12(9-11)15(21)18-7-6-17-3/h4-5,9-10,17H,6-8H2,1-3H3,(H,18,21)(H,19,20). The number of rotatable bonds is 7. The molecule has 0 aliphatic heterocycles. The van der Waals surface area contributed by atoms with E-state index in [0.29, 0.717) is 35.8 Å². The predicted octanol–water partition coefficient (Wildman–Crippen LogP) is 2.27. The molecule has 0 atom stereocenters. The molecule has 0 saturated heterocycles. The van der Waals surface area contributed by atoms with Crippen LogP contribution in [0.2, 0.25) is 5.02 Å². The van der Waals surface area contributed by atoms with E-state index < -0.39 is 0 Å². The van der Waals surface area contributed by atoms with E-state index in [4.69, 9.17) is 11.6 Å². The van der Waals surface area contributed by atoms with Crippen molar-refractivity contribution in [3.8, 4) is 0 Å². The van der Waals surface area contributed by atoms with Crippen LogP contribution >= 0.6 is 11.6 Å². The number of carbonyl (C=O) groups excluding carboxylic acids is 2. The first-order valence-electron chi connectivity index (χ1n) is 6.96. The zero-order chi connectivity index (χ0) is 15.8. The van der Waals surface area contributed by atoms with E-state index in [1.165, 1.54) is 0 Å². The second-order valence-corrected chi connectivity index (χ2v) is 5.61. The lowest BCUT2D eigenvalue weighted by Crippen LogP contribution is -2.30. The Morgan fingerprint density at radius 3 is 2.57 bits per heavy atom. The van der Waals surface area contributed by atoms with Crippen LogP contribution in [0.5, 0.6) is 0 Å². The molecule has 3 N–H and O–H groups in total. The van der Waals surface area contributed by atoms with Gasteiger partial charge in [0.25, 0.3) is 5.91 Å². The molecule has 0 heterocycles. The maximum Gasteiger partial charge on any atom is 0.252 e. The minimum absolute atomic E-state index is 0.0751. The number of hydrogen-bond acceptors (Lipinski definition) is 3. The fraction of sp³-hybridized carbons (Fsp3) is 0.467. The van der Waals surface area contributed by atoms with Crippen LogP contribution in [0.1, 0.15) is 30.6 Å². The monoisotopic (exact) mass is 311 g/mol. The lowest BCUT2D eigenvalue weighted by molar-refractivity contribution is -0.116. The van der Waals surface area contributed by atoms with Gasteiger partial charge in [-0.25, -0.2) is 0 Å². The maximum atomic E-state index is 12.0. The van der Waals surface area contributed by atoms with Crippen LogP contribution in [-0.2, 0) is 4.79 Å². The van der Waals surface area contributed by atoms with Crippen molar-refractivity contribution in [1.82, 2.24) is 10.6 Å². The summed E-state index contributed by atoms with van der Waals surface area (Å²) in [5.41, 5.74) is 0.930. The molecule has 5 nitrogen and oxygen atoms in total. The Morgan fingerprint density at radius 2 is 1.95 bits per heavy atom. The van der Waals surface area contributed by atoms with Crippen LogP contribution in [0.4, 0.5) is 5.69 Å². The van der Waals surface area contributed by atoms with Crippen molar-refractivity contribution in [2.24, 2.45) is 5.92 Å². The third-order valence-electron chi connectivity index (χ3n) is 2.75. The van der Waals surface area contributed by atoms with E-state index in [1.54, 1.807) is 18.2 Å². The largest absolute Gasteiger partial charge is 0.351 e. The minimum Gasteiger partial charge on any atom is -0.351 e. The summed E-state index contributed by atoms with van der Waals surface area (Å²) in [7, 11) is 1.81. The molecule has 0 saturated carbocycles. The Labute approximate surface area is 130 Å². The van der Waals surface area contributed by atoms with Crippen LogP contribution < -0.4 is 16.0 Å². The van der Waals surface area contributed by atoms with Gasteiger partial charge in [-0.05, 0) is 31.2 Å². The molecule has 0 aliphatic carbocycles. The molecule has 0 aromatic heterocycles. The Kier molecular flexibility index (Phi) is 7.19. The van der Waals surface area contributed by atoms with Gasteiger partial charge in [0.1, 0.15) is 0 Å². The van der Waals surface area contributed by atoms with Crippen molar-refractivity contribution in [2.75, 3.05) is 25.5 Å². The average Bonchev–Trinajstić information content (AvgIpc) is 2.40. The summed E-state index contributed by atoms with van der Waals surface area (Å²) in [5, 5.41) is 8.83. The van der Waals surface area contributed by atoms with Gasteiger partial charge in [-0.3, -0.25) is 9.59 Å². The normalized spacial score (nSPS) is 10.5. The molecule has 6 heteroatoms. The van der Waals surface area contributed by atoms with Gasteiger partial charge >= 0.3 is 0 Å². The highest BCUT2D eigenvalue weighted by Gasteiger charge is 2.12. The molecule has 1 rings (SSSR count). The van der Waals surface area contributed by atoms with Gasteiger partial charge in [-0.15, -0.1) is 0 Å². The highest BCUT2D eigenvalue weighted by atomic mass is 35.5. The second kappa shape index (κ2) is 8.64. The smallest absolute Gasteiger partial charge is 0.252 e. The Hall–Kier alpha value is -1.59. The third-order valence-corrected chi connectivity index (χ3v) is 3.08. The van der Waals surface area contributed by atoms with E-state index in [0.717, 1.165) is 0 Å². The summed E-state index contributed by atoms with van der Waals surface area (Å²) in [6.07, 6.45) is 0.437. The summed E-state index contributed by atoms with van der Waals surface area (Å²) >= 11 is 6.04. The first kappa shape index (κ1) is 17.5. The van der Waals surface area contributed by atoms with Crippen LogP contribution in [-0.4, -0.2) is 32.0 Å². The SMILES string of the molecule is CNCCNC(=O)c1cc(NC(=O)CC(C)C)ccc1Cl. The number of hydrogen-bond donors (Lipinski definition) is 3. The highest BCUT2D eigenvalue weighted by molar-refractivity contribution is 6.34. The Morgan fingerprint density at radius 1 is 1.24 bits per heavy atom. The zero-order valence-electron chi connectivity index (χ0n) is 12.6. The summed E-state index contributed by atoms with van der Waals surface area (Å²) in [6, 6.07) is 4.89. The number of halogens is 1. The number of carbonyl (C=O) groups is 2. The van der Waals surface area contributed by atoms with Crippen LogP contribution in [0, 0.1) is 5.92 Å². The third kappa shape index (κ3) is 6.14. The molecule has 0 radical (unpaired) electrons. The van der Waals surface area contributed by atoms with Gasteiger partial charge in [-0.1, -0.05) is 25.4 Å². The molecule has 0 spiro atoms. The van der Waals surface area contributed by atoms with Crippen molar-refractivity contribution >= 4 is 29.1 Å². The molecule has 21 heavy (non-hydrogen) atoms. The molecule has 116 valence electrons. The van der Waals surface area contributed by atoms with Crippen molar-refractivity contribution in [3.05, 3.63) is 28.8 Å². The lowest BCUT2D eigenvalue weighted by atomic mass is 10.1. The Balaban J connectivity index is 2.75. The first-order chi connectivity index (χ1) is 9.93. The molecule has 1 aromatic rings. The van der Waals surface area contributed by atoms with Crippen molar-refractivity contribution < 1.29 is 9.59 Å². The van der Waals surface area contributed by atoms with Gasteiger partial charge in [-0.2, -0.15) is 0 Å². The fourth-order valence-corrected chi connectivity index (χ4v) is 1.96. The quantitative estimate of drug-likeness (QED) is 0.677. The molecule has 0 unspecified atom stereocenters. The molecule has 0 bridgehead atoms.